The second kappa shape index (κ2) is 10.6. The van der Waals surface area contributed by atoms with Crippen molar-refractivity contribution < 1.29 is 17.9 Å². The number of hydrogen-bond donors (Lipinski definition) is 0. The molecule has 29 heavy (non-hydrogen) atoms. The van der Waals surface area contributed by atoms with Crippen LogP contribution in [0.2, 0.25) is 20.4 Å². The van der Waals surface area contributed by atoms with Crippen molar-refractivity contribution in [3.8, 4) is 5.88 Å². The Morgan fingerprint density at radius 3 is 2.38 bits per heavy atom. The molecule has 160 valence electrons. The number of rotatable bonds is 9. The molecular formula is C16H18Cl4N3O4S2+. The summed E-state index contributed by atoms with van der Waals surface area (Å²) in [7, 11) is -2.83. The molecule has 0 aliphatic carbocycles. The monoisotopic (exact) mass is 520 g/mol. The molecule has 0 amide bonds. The molecule has 0 saturated heterocycles. The Morgan fingerprint density at radius 2 is 1.76 bits per heavy atom. The SMILES string of the molecule is COc1nc(Cl)c(Cl)nc1N(COCC[S+](C)C)S(=O)(=O)c1cccc(Cl)c1Cl. The van der Waals surface area contributed by atoms with E-state index in [2.05, 4.69) is 22.5 Å². The van der Waals surface area contributed by atoms with E-state index >= 15 is 0 Å². The molecule has 0 fully saturated rings. The van der Waals surface area contributed by atoms with Gasteiger partial charge >= 0.3 is 0 Å². The summed E-state index contributed by atoms with van der Waals surface area (Å²) in [5.41, 5.74) is 0. The van der Waals surface area contributed by atoms with Crippen LogP contribution in [-0.2, 0) is 25.7 Å². The van der Waals surface area contributed by atoms with Crippen LogP contribution in [0.4, 0.5) is 5.82 Å². The molecule has 0 radical (unpaired) electrons. The predicted octanol–water partition coefficient (Wildman–Crippen LogP) is 4.15. The molecule has 1 aromatic heterocycles. The second-order valence-corrected chi connectivity index (χ2v) is 11.5. The first-order chi connectivity index (χ1) is 13.6. The maximum atomic E-state index is 13.4. The van der Waals surface area contributed by atoms with Crippen molar-refractivity contribution in [1.29, 1.82) is 0 Å². The van der Waals surface area contributed by atoms with Crippen LogP contribution >= 0.6 is 46.4 Å². The summed E-state index contributed by atoms with van der Waals surface area (Å²) in [4.78, 5) is 7.76. The second-order valence-electron chi connectivity index (χ2n) is 5.77. The smallest absolute Gasteiger partial charge is 0.269 e. The average Bonchev–Trinajstić information content (AvgIpc) is 2.65. The first kappa shape index (κ1) is 24.6. The van der Waals surface area contributed by atoms with Gasteiger partial charge in [-0.3, -0.25) is 0 Å². The Bertz CT molecular complexity index is 977. The normalized spacial score (nSPS) is 11.7. The van der Waals surface area contributed by atoms with E-state index in [9.17, 15) is 8.42 Å². The number of hydrogen-bond acceptors (Lipinski definition) is 6. The van der Waals surface area contributed by atoms with Gasteiger partial charge in [0.2, 0.25) is 5.82 Å². The van der Waals surface area contributed by atoms with Crippen LogP contribution in [0.1, 0.15) is 0 Å². The van der Waals surface area contributed by atoms with Crippen LogP contribution in [0.5, 0.6) is 5.88 Å². The summed E-state index contributed by atoms with van der Waals surface area (Å²) >= 11 is 24.0. The molecule has 0 aliphatic heterocycles. The Hall–Kier alpha value is -0.680. The average molecular weight is 522 g/mol. The van der Waals surface area contributed by atoms with Crippen molar-refractivity contribution in [2.45, 2.75) is 4.90 Å². The minimum atomic E-state index is -4.26. The van der Waals surface area contributed by atoms with Gasteiger partial charge in [-0.2, -0.15) is 4.98 Å². The van der Waals surface area contributed by atoms with Crippen LogP contribution in [0.3, 0.4) is 0 Å². The highest BCUT2D eigenvalue weighted by molar-refractivity contribution is 7.95. The zero-order chi connectivity index (χ0) is 21.8. The maximum Gasteiger partial charge on any atom is 0.269 e. The standard InChI is InChI=1S/C16H18Cl4N3O4S2/c1-26-16-15(21-13(19)14(20)22-16)23(9-27-7-8-28(2)3)29(24,25)11-6-4-5-10(17)12(11)18/h4-6H,7-9H2,1-3H3/q+1. The van der Waals surface area contributed by atoms with Crippen LogP contribution in [-0.4, -0.2) is 57.1 Å². The molecule has 0 aliphatic rings. The minimum Gasteiger partial charge on any atom is -0.478 e. The molecule has 1 aromatic carbocycles. The van der Waals surface area contributed by atoms with E-state index in [1.54, 1.807) is 0 Å². The summed E-state index contributed by atoms with van der Waals surface area (Å²) < 4.78 is 38.4. The predicted molar refractivity (Wildman–Crippen MR) is 120 cm³/mol. The zero-order valence-electron chi connectivity index (χ0n) is 15.7. The molecule has 0 N–H and O–H groups in total. The van der Waals surface area contributed by atoms with E-state index in [1.165, 1.54) is 25.3 Å². The van der Waals surface area contributed by atoms with Crippen LogP contribution in [0.15, 0.2) is 23.1 Å². The first-order valence-electron chi connectivity index (χ1n) is 7.95. The molecule has 0 atom stereocenters. The van der Waals surface area contributed by atoms with Gasteiger partial charge in [0.15, 0.2) is 10.3 Å². The highest BCUT2D eigenvalue weighted by Gasteiger charge is 2.33. The molecule has 2 rings (SSSR count). The largest absolute Gasteiger partial charge is 0.478 e. The molecular weight excluding hydrogens is 504 g/mol. The molecule has 0 bridgehead atoms. The van der Waals surface area contributed by atoms with Crippen molar-refractivity contribution in [3.05, 3.63) is 38.6 Å². The van der Waals surface area contributed by atoms with Gasteiger partial charge in [-0.05, 0) is 23.0 Å². The van der Waals surface area contributed by atoms with Gasteiger partial charge in [-0.1, -0.05) is 52.5 Å². The van der Waals surface area contributed by atoms with Crippen molar-refractivity contribution in [2.75, 3.05) is 43.0 Å². The molecule has 0 spiro atoms. The minimum absolute atomic E-state index is 0.0850. The third-order valence-corrected chi connectivity index (χ3v) is 7.82. The fraction of sp³-hybridized carbons (Fsp3) is 0.375. The van der Waals surface area contributed by atoms with Crippen LogP contribution in [0.25, 0.3) is 0 Å². The lowest BCUT2D eigenvalue weighted by molar-refractivity contribution is 0.159. The topological polar surface area (TPSA) is 81.6 Å². The molecule has 2 aromatic rings. The lowest BCUT2D eigenvalue weighted by atomic mass is 10.4. The number of aromatic nitrogens is 2. The Kier molecular flexibility index (Phi) is 8.96. The van der Waals surface area contributed by atoms with Gasteiger partial charge in [0.05, 0.1) is 36.3 Å². The first-order valence-corrected chi connectivity index (χ1v) is 13.1. The van der Waals surface area contributed by atoms with E-state index in [4.69, 9.17) is 55.9 Å². The van der Waals surface area contributed by atoms with Crippen LogP contribution < -0.4 is 9.04 Å². The van der Waals surface area contributed by atoms with Crippen LogP contribution in [0, 0.1) is 0 Å². The van der Waals surface area contributed by atoms with E-state index in [-0.39, 0.29) is 54.6 Å². The summed E-state index contributed by atoms with van der Waals surface area (Å²) in [6.07, 6.45) is 4.11. The van der Waals surface area contributed by atoms with Gasteiger partial charge in [-0.15, -0.1) is 0 Å². The van der Waals surface area contributed by atoms with E-state index in [0.29, 0.717) is 6.61 Å². The van der Waals surface area contributed by atoms with Crippen molar-refractivity contribution >= 4 is 73.1 Å². The van der Waals surface area contributed by atoms with Gasteiger partial charge in [0.1, 0.15) is 17.4 Å². The zero-order valence-corrected chi connectivity index (χ0v) is 20.3. The lowest BCUT2D eigenvalue weighted by Crippen LogP contribution is -2.35. The van der Waals surface area contributed by atoms with E-state index < -0.39 is 10.0 Å². The molecule has 0 unspecified atom stereocenters. The molecule has 13 heteroatoms. The van der Waals surface area contributed by atoms with Gasteiger partial charge < -0.3 is 9.47 Å². The fourth-order valence-electron chi connectivity index (χ4n) is 2.09. The Balaban J connectivity index is 2.56. The summed E-state index contributed by atoms with van der Waals surface area (Å²) in [5, 5.41) is -0.368. The van der Waals surface area contributed by atoms with E-state index in [0.717, 1.165) is 10.1 Å². The summed E-state index contributed by atoms with van der Waals surface area (Å²) in [5.74, 6) is 0.427. The van der Waals surface area contributed by atoms with Crippen molar-refractivity contribution in [3.63, 3.8) is 0 Å². The fourth-order valence-corrected chi connectivity index (χ4v) is 4.82. The lowest BCUT2D eigenvalue weighted by Gasteiger charge is -2.25. The van der Waals surface area contributed by atoms with Crippen molar-refractivity contribution in [2.24, 2.45) is 0 Å². The Morgan fingerprint density at radius 1 is 1.10 bits per heavy atom. The summed E-state index contributed by atoms with van der Waals surface area (Å²) in [6, 6.07) is 4.27. The number of halogens is 4. The highest BCUT2D eigenvalue weighted by Crippen LogP contribution is 2.36. The quantitative estimate of drug-likeness (QED) is 0.280. The van der Waals surface area contributed by atoms with Gasteiger partial charge in [0.25, 0.3) is 15.9 Å². The third-order valence-electron chi connectivity index (χ3n) is 3.52. The number of nitrogens with zero attached hydrogens (tertiary/aromatic N) is 3. The number of methoxy groups -OCH3 is 1. The summed E-state index contributed by atoms with van der Waals surface area (Å²) in [6.45, 7) is -0.0339. The molecule has 7 nitrogen and oxygen atoms in total. The highest BCUT2D eigenvalue weighted by atomic mass is 35.5. The number of sulfonamides is 1. The number of anilines is 1. The van der Waals surface area contributed by atoms with Gasteiger partial charge in [-0.25, -0.2) is 17.7 Å². The number of ether oxygens (including phenoxy) is 2. The molecule has 0 saturated carbocycles. The van der Waals surface area contributed by atoms with E-state index in [1.807, 2.05) is 0 Å². The third kappa shape index (κ3) is 5.94. The Labute approximate surface area is 192 Å². The molecule has 1 heterocycles. The van der Waals surface area contributed by atoms with Crippen molar-refractivity contribution in [1.82, 2.24) is 9.97 Å². The maximum absolute atomic E-state index is 13.4. The van der Waals surface area contributed by atoms with Gasteiger partial charge in [0, 0.05) is 0 Å². The number of benzene rings is 1.